The Morgan fingerprint density at radius 3 is 2.29 bits per heavy atom. The zero-order chi connectivity index (χ0) is 17.7. The molecule has 0 aliphatic carbocycles. The second-order valence-corrected chi connectivity index (χ2v) is 6.86. The van der Waals surface area contributed by atoms with E-state index in [9.17, 15) is 9.59 Å². The summed E-state index contributed by atoms with van der Waals surface area (Å²) >= 11 is 0. The molecule has 1 heterocycles. The van der Waals surface area contributed by atoms with Gasteiger partial charge in [-0.15, -0.1) is 0 Å². The molecule has 1 aromatic rings. The molecule has 0 bridgehead atoms. The first-order valence-electron chi connectivity index (χ1n) is 8.79. The topological polar surface area (TPSA) is 52.7 Å². The molecule has 1 aliphatic heterocycles. The highest BCUT2D eigenvalue weighted by molar-refractivity contribution is 5.92. The predicted octanol–water partition coefficient (Wildman–Crippen LogP) is 3.53. The molecule has 5 nitrogen and oxygen atoms in total. The number of carbonyl (C=O) groups is 2. The number of rotatable bonds is 4. The fourth-order valence-corrected chi connectivity index (χ4v) is 2.99. The van der Waals surface area contributed by atoms with E-state index >= 15 is 0 Å². The maximum atomic E-state index is 12.4. The van der Waals surface area contributed by atoms with Crippen LogP contribution in [-0.4, -0.2) is 48.9 Å². The van der Waals surface area contributed by atoms with Crippen LogP contribution in [0.4, 0.5) is 10.5 Å². The molecule has 1 fully saturated rings. The second kappa shape index (κ2) is 8.18. The fraction of sp³-hybridized carbons (Fsp3) is 0.579. The van der Waals surface area contributed by atoms with Gasteiger partial charge in [0, 0.05) is 38.8 Å². The van der Waals surface area contributed by atoms with Crippen LogP contribution in [0.2, 0.25) is 0 Å². The van der Waals surface area contributed by atoms with Gasteiger partial charge in [-0.1, -0.05) is 26.0 Å². The summed E-state index contributed by atoms with van der Waals surface area (Å²) in [5, 5.41) is 3.01. The number of benzene rings is 1. The van der Waals surface area contributed by atoms with Crippen molar-refractivity contribution >= 4 is 17.6 Å². The molecule has 1 aliphatic rings. The van der Waals surface area contributed by atoms with Gasteiger partial charge in [0.2, 0.25) is 5.91 Å². The Balaban J connectivity index is 1.86. The first-order valence-corrected chi connectivity index (χ1v) is 8.79. The Kier molecular flexibility index (Phi) is 6.23. The zero-order valence-electron chi connectivity index (χ0n) is 15.2. The van der Waals surface area contributed by atoms with E-state index in [0.29, 0.717) is 19.0 Å². The number of anilines is 1. The lowest BCUT2D eigenvalue weighted by molar-refractivity contribution is -0.121. The summed E-state index contributed by atoms with van der Waals surface area (Å²) in [6.07, 6.45) is 2.54. The van der Waals surface area contributed by atoms with Crippen molar-refractivity contribution in [3.05, 3.63) is 29.8 Å². The molecule has 0 radical (unpaired) electrons. The van der Waals surface area contributed by atoms with Crippen molar-refractivity contribution in [3.63, 3.8) is 0 Å². The second-order valence-electron chi connectivity index (χ2n) is 6.86. The van der Waals surface area contributed by atoms with Crippen molar-refractivity contribution in [2.45, 2.75) is 39.0 Å². The lowest BCUT2D eigenvalue weighted by atomic mass is 9.95. The van der Waals surface area contributed by atoms with E-state index in [1.807, 2.05) is 17.0 Å². The first-order chi connectivity index (χ1) is 11.4. The summed E-state index contributed by atoms with van der Waals surface area (Å²) in [5.74, 6) is 0.571. The zero-order valence-corrected chi connectivity index (χ0v) is 15.2. The van der Waals surface area contributed by atoms with Gasteiger partial charge in [-0.2, -0.15) is 0 Å². The third-order valence-electron chi connectivity index (χ3n) is 4.88. The smallest absolute Gasteiger partial charge is 0.319 e. The van der Waals surface area contributed by atoms with Gasteiger partial charge in [0.05, 0.1) is 0 Å². The molecule has 0 saturated carbocycles. The molecule has 2 rings (SSSR count). The Morgan fingerprint density at radius 2 is 1.79 bits per heavy atom. The van der Waals surface area contributed by atoms with Gasteiger partial charge in [0.1, 0.15) is 0 Å². The van der Waals surface area contributed by atoms with E-state index < -0.39 is 0 Å². The highest BCUT2D eigenvalue weighted by Gasteiger charge is 2.27. The molecular weight excluding hydrogens is 302 g/mol. The average molecular weight is 331 g/mol. The summed E-state index contributed by atoms with van der Waals surface area (Å²) in [6, 6.07) is 8.15. The normalized spacial score (nSPS) is 16.6. The number of hydrogen-bond acceptors (Lipinski definition) is 2. The highest BCUT2D eigenvalue weighted by Crippen LogP contribution is 2.23. The summed E-state index contributed by atoms with van der Waals surface area (Å²) in [4.78, 5) is 27.7. The van der Waals surface area contributed by atoms with E-state index in [4.69, 9.17) is 0 Å². The molecule has 1 N–H and O–H groups in total. The van der Waals surface area contributed by atoms with Crippen molar-refractivity contribution in [1.29, 1.82) is 0 Å². The number of hydrogen-bond donors (Lipinski definition) is 1. The van der Waals surface area contributed by atoms with Crippen molar-refractivity contribution in [1.82, 2.24) is 9.80 Å². The molecule has 1 aromatic carbocycles. The Bertz CT molecular complexity index is 560. The molecule has 3 amide bonds. The SMILES string of the molecule is CC[C@@H](C)c1ccc(NC(=O)C2CCN(C(=O)N(C)C)CC2)cc1. The third-order valence-corrected chi connectivity index (χ3v) is 4.88. The number of nitrogens with one attached hydrogen (secondary N) is 1. The lowest BCUT2D eigenvalue weighted by Crippen LogP contribution is -2.45. The number of carbonyl (C=O) groups excluding carboxylic acids is 2. The van der Waals surface area contributed by atoms with Crippen LogP contribution in [0, 0.1) is 5.92 Å². The quantitative estimate of drug-likeness (QED) is 0.917. The van der Waals surface area contributed by atoms with Crippen LogP contribution >= 0.6 is 0 Å². The molecule has 0 aromatic heterocycles. The van der Waals surface area contributed by atoms with Crippen LogP contribution in [0.3, 0.4) is 0 Å². The Morgan fingerprint density at radius 1 is 1.21 bits per heavy atom. The molecule has 24 heavy (non-hydrogen) atoms. The van der Waals surface area contributed by atoms with E-state index in [-0.39, 0.29) is 17.9 Å². The fourth-order valence-electron chi connectivity index (χ4n) is 2.99. The van der Waals surface area contributed by atoms with E-state index in [1.54, 1.807) is 19.0 Å². The van der Waals surface area contributed by atoms with Crippen molar-refractivity contribution in [2.75, 3.05) is 32.5 Å². The van der Waals surface area contributed by atoms with E-state index in [1.165, 1.54) is 5.56 Å². The van der Waals surface area contributed by atoms with Gasteiger partial charge in [-0.05, 0) is 42.9 Å². The van der Waals surface area contributed by atoms with Crippen LogP contribution < -0.4 is 5.32 Å². The third kappa shape index (κ3) is 4.49. The number of nitrogens with zero attached hydrogens (tertiary/aromatic N) is 2. The maximum absolute atomic E-state index is 12.4. The minimum Gasteiger partial charge on any atom is -0.331 e. The largest absolute Gasteiger partial charge is 0.331 e. The van der Waals surface area contributed by atoms with Crippen molar-refractivity contribution in [2.24, 2.45) is 5.92 Å². The molecule has 1 saturated heterocycles. The number of urea groups is 1. The molecule has 0 spiro atoms. The summed E-state index contributed by atoms with van der Waals surface area (Å²) in [7, 11) is 3.51. The average Bonchev–Trinajstić information content (AvgIpc) is 2.61. The molecule has 132 valence electrons. The van der Waals surface area contributed by atoms with Crippen LogP contribution in [-0.2, 0) is 4.79 Å². The number of likely N-dealkylation sites (tertiary alicyclic amines) is 1. The Labute approximate surface area is 145 Å². The highest BCUT2D eigenvalue weighted by atomic mass is 16.2. The van der Waals surface area contributed by atoms with E-state index in [0.717, 1.165) is 24.9 Å². The predicted molar refractivity (Wildman–Crippen MR) is 97.2 cm³/mol. The maximum Gasteiger partial charge on any atom is 0.319 e. The lowest BCUT2D eigenvalue weighted by Gasteiger charge is -2.33. The van der Waals surface area contributed by atoms with Crippen LogP contribution in [0.15, 0.2) is 24.3 Å². The summed E-state index contributed by atoms with van der Waals surface area (Å²) in [6.45, 7) is 5.66. The molecule has 5 heteroatoms. The monoisotopic (exact) mass is 331 g/mol. The molecule has 1 atom stereocenters. The summed E-state index contributed by atoms with van der Waals surface area (Å²) in [5.41, 5.74) is 2.14. The van der Waals surface area contributed by atoms with Gasteiger partial charge >= 0.3 is 6.03 Å². The van der Waals surface area contributed by atoms with Crippen LogP contribution in [0.25, 0.3) is 0 Å². The minimum absolute atomic E-state index is 0.0227. The number of piperidine rings is 1. The first kappa shape index (κ1) is 18.3. The van der Waals surface area contributed by atoms with Crippen molar-refractivity contribution in [3.8, 4) is 0 Å². The standard InChI is InChI=1S/C19H29N3O2/c1-5-14(2)15-6-8-17(9-7-15)20-18(23)16-10-12-22(13-11-16)19(24)21(3)4/h6-9,14,16H,5,10-13H2,1-4H3,(H,20,23)/t14-/m1/s1. The number of amides is 3. The van der Waals surface area contributed by atoms with Gasteiger partial charge < -0.3 is 15.1 Å². The van der Waals surface area contributed by atoms with Crippen molar-refractivity contribution < 1.29 is 9.59 Å². The Hall–Kier alpha value is -2.04. The van der Waals surface area contributed by atoms with Crippen LogP contribution in [0.5, 0.6) is 0 Å². The van der Waals surface area contributed by atoms with E-state index in [2.05, 4.69) is 31.3 Å². The summed E-state index contributed by atoms with van der Waals surface area (Å²) < 4.78 is 0. The van der Waals surface area contributed by atoms with Gasteiger partial charge in [0.15, 0.2) is 0 Å². The minimum atomic E-state index is -0.0227. The van der Waals surface area contributed by atoms with Gasteiger partial charge in [-0.25, -0.2) is 4.79 Å². The van der Waals surface area contributed by atoms with Crippen LogP contribution in [0.1, 0.15) is 44.6 Å². The molecular formula is C19H29N3O2. The van der Waals surface area contributed by atoms with Gasteiger partial charge in [-0.3, -0.25) is 4.79 Å². The van der Waals surface area contributed by atoms with Gasteiger partial charge in [0.25, 0.3) is 0 Å². The molecule has 0 unspecified atom stereocenters.